The number of hydrogen-bond donors (Lipinski definition) is 2. The van der Waals surface area contributed by atoms with Crippen molar-refractivity contribution in [1.29, 1.82) is 0 Å². The summed E-state index contributed by atoms with van der Waals surface area (Å²) in [5.74, 6) is 0. The molecule has 3 rings (SSSR count). The molecule has 2 N–H and O–H groups in total. The van der Waals surface area contributed by atoms with Gasteiger partial charge in [0, 0.05) is 7.11 Å². The van der Waals surface area contributed by atoms with Crippen LogP contribution in [-0.4, -0.2) is 54.6 Å². The van der Waals surface area contributed by atoms with Crippen LogP contribution in [-0.2, 0) is 14.2 Å². The van der Waals surface area contributed by atoms with Gasteiger partial charge in [-0.1, -0.05) is 0 Å². The van der Waals surface area contributed by atoms with Crippen molar-refractivity contribution < 1.29 is 24.4 Å². The van der Waals surface area contributed by atoms with Crippen molar-refractivity contribution in [3.8, 4) is 0 Å². The van der Waals surface area contributed by atoms with E-state index in [1.165, 1.54) is 7.11 Å². The molecule has 5 nitrogen and oxygen atoms in total. The second-order valence-corrected chi connectivity index (χ2v) is 3.05. The predicted molar refractivity (Wildman–Crippen MR) is 37.4 cm³/mol. The molecule has 3 saturated heterocycles. The quantitative estimate of drug-likeness (QED) is 0.507. The van der Waals surface area contributed by atoms with Crippen LogP contribution in [0.4, 0.5) is 0 Å². The van der Waals surface area contributed by atoms with Crippen LogP contribution in [0.15, 0.2) is 0 Å². The zero-order valence-corrected chi connectivity index (χ0v) is 6.71. The highest BCUT2D eigenvalue weighted by Crippen LogP contribution is 2.29. The number of rotatable bonds is 1. The summed E-state index contributed by atoms with van der Waals surface area (Å²) in [5.41, 5.74) is 0. The van der Waals surface area contributed by atoms with E-state index in [0.29, 0.717) is 6.61 Å². The van der Waals surface area contributed by atoms with Crippen LogP contribution >= 0.6 is 0 Å². The summed E-state index contributed by atoms with van der Waals surface area (Å²) in [6, 6.07) is 0. The molecule has 3 aliphatic heterocycles. The fourth-order valence-electron chi connectivity index (χ4n) is 1.72. The van der Waals surface area contributed by atoms with E-state index >= 15 is 0 Å². The molecular weight excluding hydrogens is 164 g/mol. The van der Waals surface area contributed by atoms with Crippen molar-refractivity contribution in [1.82, 2.24) is 0 Å². The highest BCUT2D eigenvalue weighted by atomic mass is 16.7. The van der Waals surface area contributed by atoms with Gasteiger partial charge in [-0.15, -0.1) is 0 Å². The molecule has 0 amide bonds. The standard InChI is InChI=1S/C7H12O5/c1-10-5-3-2-11-6(4(5)8)7(9)12-3/h3-9H,2H2,1H3. The summed E-state index contributed by atoms with van der Waals surface area (Å²) < 4.78 is 15.3. The van der Waals surface area contributed by atoms with Gasteiger partial charge in [0.2, 0.25) is 0 Å². The third-order valence-electron chi connectivity index (χ3n) is 2.36. The molecule has 3 fully saturated rings. The van der Waals surface area contributed by atoms with E-state index in [1.54, 1.807) is 0 Å². The van der Waals surface area contributed by atoms with Gasteiger partial charge in [-0.05, 0) is 0 Å². The molecule has 0 saturated carbocycles. The van der Waals surface area contributed by atoms with Gasteiger partial charge in [0.1, 0.15) is 24.4 Å². The highest BCUT2D eigenvalue weighted by Gasteiger charge is 2.50. The first-order valence-corrected chi connectivity index (χ1v) is 3.90. The Morgan fingerprint density at radius 2 is 2.17 bits per heavy atom. The zero-order chi connectivity index (χ0) is 8.72. The van der Waals surface area contributed by atoms with Crippen molar-refractivity contribution in [2.45, 2.75) is 30.7 Å². The molecule has 3 aliphatic rings. The van der Waals surface area contributed by atoms with Crippen molar-refractivity contribution in [2.24, 2.45) is 0 Å². The minimum atomic E-state index is -1.02. The molecule has 70 valence electrons. The van der Waals surface area contributed by atoms with Gasteiger partial charge in [-0.25, -0.2) is 0 Å². The summed E-state index contributed by atoms with van der Waals surface area (Å²) in [6.45, 7) is 0.372. The number of methoxy groups -OCH3 is 1. The van der Waals surface area contributed by atoms with Crippen LogP contribution < -0.4 is 0 Å². The average molecular weight is 176 g/mol. The van der Waals surface area contributed by atoms with Crippen molar-refractivity contribution in [3.05, 3.63) is 0 Å². The van der Waals surface area contributed by atoms with Gasteiger partial charge in [-0.2, -0.15) is 0 Å². The van der Waals surface area contributed by atoms with Crippen molar-refractivity contribution in [2.75, 3.05) is 13.7 Å². The summed E-state index contributed by atoms with van der Waals surface area (Å²) in [6.07, 6.45) is -3.22. The maximum atomic E-state index is 9.54. The maximum Gasteiger partial charge on any atom is 0.184 e. The molecule has 2 bridgehead atoms. The third-order valence-corrected chi connectivity index (χ3v) is 2.36. The predicted octanol–water partition coefficient (Wildman–Crippen LogP) is -1.52. The van der Waals surface area contributed by atoms with Gasteiger partial charge in [-0.3, -0.25) is 0 Å². The van der Waals surface area contributed by atoms with Crippen molar-refractivity contribution >= 4 is 0 Å². The van der Waals surface area contributed by atoms with Gasteiger partial charge in [0.25, 0.3) is 0 Å². The minimum Gasteiger partial charge on any atom is -0.387 e. The number of ether oxygens (including phenoxy) is 3. The Labute approximate surface area is 69.8 Å². The Balaban J connectivity index is 2.14. The Morgan fingerprint density at radius 1 is 1.42 bits per heavy atom. The summed E-state index contributed by atoms with van der Waals surface area (Å²) in [7, 11) is 1.50. The Kier molecular flexibility index (Phi) is 2.05. The Hall–Kier alpha value is -0.200. The normalized spacial score (nSPS) is 52.8. The fraction of sp³-hybridized carbons (Fsp3) is 1.00. The smallest absolute Gasteiger partial charge is 0.184 e. The lowest BCUT2D eigenvalue weighted by Gasteiger charge is -2.47. The molecule has 0 aromatic carbocycles. The molecule has 5 heteroatoms. The SMILES string of the molecule is COC1C2COC(C(O)O2)C1O. The Bertz CT molecular complexity index is 169. The largest absolute Gasteiger partial charge is 0.387 e. The zero-order valence-electron chi connectivity index (χ0n) is 6.71. The first-order valence-electron chi connectivity index (χ1n) is 3.90. The van der Waals surface area contributed by atoms with E-state index in [-0.39, 0.29) is 12.2 Å². The van der Waals surface area contributed by atoms with Gasteiger partial charge < -0.3 is 24.4 Å². The van der Waals surface area contributed by atoms with Crippen LogP contribution in [0.2, 0.25) is 0 Å². The van der Waals surface area contributed by atoms with Gasteiger partial charge >= 0.3 is 0 Å². The van der Waals surface area contributed by atoms with E-state index in [1.807, 2.05) is 0 Å². The van der Waals surface area contributed by atoms with E-state index in [2.05, 4.69) is 0 Å². The Morgan fingerprint density at radius 3 is 2.67 bits per heavy atom. The lowest BCUT2D eigenvalue weighted by molar-refractivity contribution is -0.346. The second-order valence-electron chi connectivity index (χ2n) is 3.05. The second kappa shape index (κ2) is 2.93. The number of fused-ring (bicyclic) bond motifs is 3. The first kappa shape index (κ1) is 8.40. The van der Waals surface area contributed by atoms with Gasteiger partial charge in [0.15, 0.2) is 6.29 Å². The molecule has 0 aliphatic carbocycles. The molecule has 0 aromatic rings. The number of hydrogen-bond acceptors (Lipinski definition) is 5. The third kappa shape index (κ3) is 1.06. The highest BCUT2D eigenvalue weighted by molar-refractivity contribution is 4.94. The van der Waals surface area contributed by atoms with Crippen LogP contribution in [0.5, 0.6) is 0 Å². The minimum absolute atomic E-state index is 0.356. The molecule has 3 heterocycles. The molecule has 5 unspecified atom stereocenters. The lowest BCUT2D eigenvalue weighted by atomic mass is 9.96. The average Bonchev–Trinajstić information content (AvgIpc) is 2.05. The number of aliphatic hydroxyl groups excluding tert-OH is 2. The van der Waals surface area contributed by atoms with E-state index in [9.17, 15) is 10.2 Å². The summed E-state index contributed by atoms with van der Waals surface area (Å²) in [4.78, 5) is 0. The molecule has 0 aromatic heterocycles. The molecular formula is C7H12O5. The monoisotopic (exact) mass is 176 g/mol. The van der Waals surface area contributed by atoms with E-state index < -0.39 is 18.5 Å². The molecule has 12 heavy (non-hydrogen) atoms. The maximum absolute atomic E-state index is 9.54. The van der Waals surface area contributed by atoms with Crippen LogP contribution in [0.1, 0.15) is 0 Å². The van der Waals surface area contributed by atoms with E-state index in [0.717, 1.165) is 0 Å². The fourth-order valence-corrected chi connectivity index (χ4v) is 1.72. The molecule has 0 spiro atoms. The van der Waals surface area contributed by atoms with E-state index in [4.69, 9.17) is 14.2 Å². The molecule has 5 atom stereocenters. The van der Waals surface area contributed by atoms with Crippen LogP contribution in [0.25, 0.3) is 0 Å². The summed E-state index contributed by atoms with van der Waals surface area (Å²) >= 11 is 0. The van der Waals surface area contributed by atoms with Crippen LogP contribution in [0, 0.1) is 0 Å². The topological polar surface area (TPSA) is 68.2 Å². The first-order chi connectivity index (χ1) is 5.74. The molecule has 0 radical (unpaired) electrons. The van der Waals surface area contributed by atoms with Crippen molar-refractivity contribution in [3.63, 3.8) is 0 Å². The van der Waals surface area contributed by atoms with Crippen LogP contribution in [0.3, 0.4) is 0 Å². The summed E-state index contributed by atoms with van der Waals surface area (Å²) in [5, 5.41) is 18.8. The lowest BCUT2D eigenvalue weighted by Crippen LogP contribution is -2.65. The van der Waals surface area contributed by atoms with Gasteiger partial charge in [0.05, 0.1) is 6.61 Å². The number of aliphatic hydroxyl groups is 2.